The molecule has 1 heterocycles. The van der Waals surface area contributed by atoms with Crippen LogP contribution in [0.3, 0.4) is 0 Å². The Hall–Kier alpha value is -2.18. The number of allylic oxidation sites excluding steroid dienone is 1. The number of alkyl carbamates (subject to hydrolysis) is 1. The van der Waals surface area contributed by atoms with Gasteiger partial charge in [0.15, 0.2) is 11.9 Å². The summed E-state index contributed by atoms with van der Waals surface area (Å²) in [4.78, 5) is 54.7. The minimum Gasteiger partial charge on any atom is -0.456 e. The van der Waals surface area contributed by atoms with E-state index in [0.717, 1.165) is 0 Å². The quantitative estimate of drug-likeness (QED) is 0.152. The average molecular weight is 955 g/mol. The van der Waals surface area contributed by atoms with Crippen molar-refractivity contribution in [2.75, 3.05) is 6.61 Å². The van der Waals surface area contributed by atoms with E-state index in [1.807, 2.05) is 0 Å². The summed E-state index contributed by atoms with van der Waals surface area (Å²) < 4.78 is 23.2. The van der Waals surface area contributed by atoms with Crippen LogP contribution >= 0.6 is 0 Å². The molecule has 53 heavy (non-hydrogen) atoms. The Kier molecular flexibility index (Phi) is 12.7. The molecular formula is C39H53AcNO12. The van der Waals surface area contributed by atoms with Crippen LogP contribution in [0.1, 0.15) is 91.9 Å². The fraction of sp³-hybridized carbons (Fsp3) is 0.641. The van der Waals surface area contributed by atoms with Gasteiger partial charge in [0.1, 0.15) is 29.0 Å². The van der Waals surface area contributed by atoms with E-state index in [9.17, 15) is 39.6 Å². The van der Waals surface area contributed by atoms with Crippen molar-refractivity contribution in [3.63, 3.8) is 0 Å². The number of rotatable bonds is 7. The molecule has 1 aliphatic heterocycles. The fourth-order valence-electron chi connectivity index (χ4n) is 8.76. The van der Waals surface area contributed by atoms with Crippen molar-refractivity contribution in [1.29, 1.82) is 0 Å². The number of ether oxygens (including phenoxy) is 4. The molecule has 5 rings (SSSR count). The number of nitrogens with one attached hydrogen (secondary N) is 1. The molecule has 3 fully saturated rings. The summed E-state index contributed by atoms with van der Waals surface area (Å²) in [5, 5.41) is 50.7. The van der Waals surface area contributed by atoms with Gasteiger partial charge < -0.3 is 44.7 Å². The molecule has 1 amide bonds. The molecule has 2 saturated carbocycles. The van der Waals surface area contributed by atoms with Crippen LogP contribution in [-0.2, 0) is 28.5 Å². The second-order valence-electron chi connectivity index (χ2n) is 16.9. The monoisotopic (exact) mass is 954 g/mol. The Bertz CT molecular complexity index is 1670. The Morgan fingerprint density at radius 3 is 2.23 bits per heavy atom. The van der Waals surface area contributed by atoms with Crippen LogP contribution in [0.4, 0.5) is 4.79 Å². The molecule has 2 bridgehead atoms. The first-order valence-corrected chi connectivity index (χ1v) is 17.7. The number of aliphatic hydroxyl groups excluding tert-OH is 2. The number of hydrogen-bond acceptors (Lipinski definition) is 12. The minimum atomic E-state index is -2.19. The van der Waals surface area contributed by atoms with Crippen LogP contribution in [-0.4, -0.2) is 104 Å². The third-order valence-corrected chi connectivity index (χ3v) is 11.5. The molecule has 1 aromatic rings. The van der Waals surface area contributed by atoms with Gasteiger partial charge in [0.05, 0.1) is 30.4 Å². The van der Waals surface area contributed by atoms with E-state index in [-0.39, 0.29) is 74.6 Å². The fourth-order valence-corrected chi connectivity index (χ4v) is 8.76. The van der Waals surface area contributed by atoms with Crippen molar-refractivity contribution in [2.24, 2.45) is 16.7 Å². The number of aliphatic hydroxyl groups is 4. The zero-order valence-corrected chi connectivity index (χ0v) is 36.7. The summed E-state index contributed by atoms with van der Waals surface area (Å²) in [5.41, 5.74) is -6.29. The number of carbonyl (C=O) groups is 4. The van der Waals surface area contributed by atoms with Gasteiger partial charge in [0.25, 0.3) is 0 Å². The van der Waals surface area contributed by atoms with Gasteiger partial charge in [0.2, 0.25) is 0 Å². The topological polar surface area (TPSA) is 198 Å². The maximum atomic E-state index is 14.5. The number of ketones is 1. The zero-order chi connectivity index (χ0) is 38.8. The molecule has 5 N–H and O–H groups in total. The van der Waals surface area contributed by atoms with E-state index < -0.39 is 100 Å². The number of Topliss-reactive ketones (excluding diaryl/α,β-unsaturated/α-hetero) is 1. The molecule has 1 saturated heterocycles. The van der Waals surface area contributed by atoms with Gasteiger partial charge in [-0.15, -0.1) is 0 Å². The number of benzene rings is 1. The summed E-state index contributed by atoms with van der Waals surface area (Å²) in [6, 6.07) is 6.84. The van der Waals surface area contributed by atoms with E-state index in [1.54, 1.807) is 92.6 Å². The van der Waals surface area contributed by atoms with Crippen molar-refractivity contribution < 1.29 is 103 Å². The summed E-state index contributed by atoms with van der Waals surface area (Å²) in [6.45, 7) is 14.8. The Balaban J connectivity index is 0.00000627. The van der Waals surface area contributed by atoms with Gasteiger partial charge in [-0.25, -0.2) is 14.4 Å². The second-order valence-corrected chi connectivity index (χ2v) is 16.9. The van der Waals surface area contributed by atoms with Gasteiger partial charge in [0, 0.05) is 85.6 Å². The molecule has 3 aliphatic carbocycles. The van der Waals surface area contributed by atoms with Crippen LogP contribution in [0.2, 0.25) is 0 Å². The molecule has 0 unspecified atom stereocenters. The Morgan fingerprint density at radius 1 is 1.06 bits per heavy atom. The van der Waals surface area contributed by atoms with E-state index >= 15 is 0 Å². The molecule has 14 heteroatoms. The maximum Gasteiger partial charge on any atom is 0.408 e. The third-order valence-electron chi connectivity index (χ3n) is 11.5. The van der Waals surface area contributed by atoms with Crippen LogP contribution < -0.4 is 5.32 Å². The Labute approximate surface area is 346 Å². The maximum absolute atomic E-state index is 14.5. The molecule has 0 aromatic heterocycles. The van der Waals surface area contributed by atoms with E-state index in [1.165, 1.54) is 6.08 Å². The first kappa shape index (κ1) is 43.5. The van der Waals surface area contributed by atoms with Crippen LogP contribution in [0.5, 0.6) is 0 Å². The first-order chi connectivity index (χ1) is 24.0. The summed E-state index contributed by atoms with van der Waals surface area (Å²) in [5.74, 6) is -3.61. The van der Waals surface area contributed by atoms with Crippen LogP contribution in [0, 0.1) is 60.8 Å². The van der Waals surface area contributed by atoms with E-state index in [4.69, 9.17) is 18.9 Å². The van der Waals surface area contributed by atoms with E-state index in [0.29, 0.717) is 11.1 Å². The van der Waals surface area contributed by atoms with Crippen molar-refractivity contribution in [3.05, 3.63) is 58.7 Å². The van der Waals surface area contributed by atoms with Crippen molar-refractivity contribution in [3.8, 4) is 0 Å². The first-order valence-electron chi connectivity index (χ1n) is 17.7. The predicted octanol–water partition coefficient (Wildman–Crippen LogP) is 3.31. The number of amides is 1. The number of hydrogen-bond donors (Lipinski definition) is 5. The third kappa shape index (κ3) is 7.94. The average Bonchev–Trinajstić information content (AvgIpc) is 3.02. The SMILES string of the molecule is CC(C)=C[C@H](NC(=O)OC(C)(C)C)[C@@H](O)C(=O)O[C@H]1C[C@@]2(O)[C@@H](OC(=O)c3ccccc3)[C@H]3[C@](C)(CC(=O)C(=C1C)C2(C)C)[C@@H](O)C[C@H]1OC[C@]13O.[Ac]. The van der Waals surface area contributed by atoms with Gasteiger partial charge >= 0.3 is 18.0 Å². The Morgan fingerprint density at radius 2 is 1.68 bits per heavy atom. The van der Waals surface area contributed by atoms with Gasteiger partial charge in [-0.3, -0.25) is 4.79 Å². The predicted molar refractivity (Wildman–Crippen MR) is 187 cm³/mol. The zero-order valence-electron chi connectivity index (χ0n) is 32.0. The van der Waals surface area contributed by atoms with Gasteiger partial charge in [-0.2, -0.15) is 0 Å². The smallest absolute Gasteiger partial charge is 0.408 e. The summed E-state index contributed by atoms with van der Waals surface area (Å²) in [6.07, 6.45) is -6.90. The minimum absolute atomic E-state index is 0. The normalized spacial score (nSPS) is 34.2. The van der Waals surface area contributed by atoms with Gasteiger partial charge in [-0.1, -0.05) is 50.6 Å². The van der Waals surface area contributed by atoms with Crippen molar-refractivity contribution in [2.45, 2.75) is 135 Å². The van der Waals surface area contributed by atoms with Crippen molar-refractivity contribution in [1.82, 2.24) is 5.32 Å². The molecule has 13 nitrogen and oxygen atoms in total. The molecule has 1 radical (unpaired) electrons. The number of fused-ring (bicyclic) bond motifs is 5. The standard InChI is InChI=1S/C39H53NO12.Ac/c1-20(2)15-23(40-34(46)52-35(4,5)6)29(43)33(45)50-25-18-39(48)31(51-32(44)22-13-11-10-12-14-22)30-37(9,26(42)16-27-38(30,47)19-49-27)17-24(41)28(21(25)3)36(39,7)8;/h10-15,23,25-27,29-31,42-43,47-48H,16-19H2,1-9H3,(H,40,46);/t23-,25-,26-,27+,29+,30-,31-,37+,38-,39+;/m0./s1. The molecule has 4 aliphatic rings. The van der Waals surface area contributed by atoms with E-state index in [2.05, 4.69) is 5.32 Å². The second kappa shape index (κ2) is 15.4. The number of carbonyl (C=O) groups excluding carboxylic acids is 4. The molecule has 1 aromatic carbocycles. The van der Waals surface area contributed by atoms with Crippen LogP contribution in [0.15, 0.2) is 53.1 Å². The number of esters is 2. The molecule has 0 spiro atoms. The van der Waals surface area contributed by atoms with Crippen LogP contribution in [0.25, 0.3) is 0 Å². The van der Waals surface area contributed by atoms with Crippen molar-refractivity contribution >= 4 is 23.8 Å². The summed E-state index contributed by atoms with van der Waals surface area (Å²) >= 11 is 0. The summed E-state index contributed by atoms with van der Waals surface area (Å²) in [7, 11) is 0. The molecule has 10 atom stereocenters. The molecular weight excluding hydrogens is 901 g/mol. The molecule has 289 valence electrons. The largest absolute Gasteiger partial charge is 0.456 e. The van der Waals surface area contributed by atoms with Gasteiger partial charge in [-0.05, 0) is 59.2 Å².